The Labute approximate surface area is 60.4 Å². The van der Waals surface area contributed by atoms with E-state index in [1.165, 1.54) is 0 Å². The van der Waals surface area contributed by atoms with Gasteiger partial charge in [-0.2, -0.15) is 0 Å². The van der Waals surface area contributed by atoms with Crippen LogP contribution in [0.3, 0.4) is 0 Å². The van der Waals surface area contributed by atoms with Gasteiger partial charge in [-0.1, -0.05) is 0 Å². The minimum absolute atomic E-state index is 0.0208. The van der Waals surface area contributed by atoms with Crippen molar-refractivity contribution in [2.75, 3.05) is 6.61 Å². The van der Waals surface area contributed by atoms with Gasteiger partial charge in [0.25, 0.3) is 0 Å². The fraction of sp³-hybridized carbons (Fsp3) is 0.857. The molecule has 58 valence electrons. The summed E-state index contributed by atoms with van der Waals surface area (Å²) in [6, 6.07) is 0. The molecule has 10 heavy (non-hydrogen) atoms. The third-order valence-corrected chi connectivity index (χ3v) is 1.81. The van der Waals surface area contributed by atoms with E-state index in [2.05, 4.69) is 5.32 Å². The van der Waals surface area contributed by atoms with Crippen LogP contribution < -0.4 is 5.32 Å². The minimum Gasteiger partial charge on any atom is -0.396 e. The van der Waals surface area contributed by atoms with Crippen LogP contribution in [0.1, 0.15) is 20.3 Å². The van der Waals surface area contributed by atoms with Crippen LogP contribution in [0, 0.1) is 5.92 Å². The molecule has 0 radical (unpaired) electrons. The number of carbonyl (C=O) groups is 1. The average molecular weight is 143 g/mol. The number of carbonyl (C=O) groups excluding carboxylic acids is 1. The lowest BCUT2D eigenvalue weighted by atomic mass is 9.98. The molecule has 1 aliphatic heterocycles. The van der Waals surface area contributed by atoms with Gasteiger partial charge in [0.15, 0.2) is 0 Å². The number of hydrogen-bond acceptors (Lipinski definition) is 2. The SMILES string of the molecule is CC1(C)CC(CO)C(=O)N1. The van der Waals surface area contributed by atoms with Gasteiger partial charge in [0.2, 0.25) is 5.91 Å². The Balaban J connectivity index is 2.61. The fourth-order valence-corrected chi connectivity index (χ4v) is 1.34. The van der Waals surface area contributed by atoms with Gasteiger partial charge in [0, 0.05) is 5.54 Å². The molecule has 1 unspecified atom stereocenters. The molecule has 1 atom stereocenters. The average Bonchev–Trinajstić information content (AvgIpc) is 2.05. The highest BCUT2D eigenvalue weighted by Crippen LogP contribution is 2.23. The van der Waals surface area contributed by atoms with Gasteiger partial charge in [-0.25, -0.2) is 0 Å². The molecule has 0 aromatic carbocycles. The molecule has 1 amide bonds. The number of nitrogens with one attached hydrogen (secondary N) is 1. The third-order valence-electron chi connectivity index (χ3n) is 1.81. The first-order chi connectivity index (χ1) is 4.55. The monoisotopic (exact) mass is 143 g/mol. The van der Waals surface area contributed by atoms with E-state index in [9.17, 15) is 4.79 Å². The molecule has 1 heterocycles. The maximum absolute atomic E-state index is 10.9. The predicted molar refractivity (Wildman–Crippen MR) is 37.4 cm³/mol. The molecular weight excluding hydrogens is 130 g/mol. The molecule has 0 saturated carbocycles. The van der Waals surface area contributed by atoms with Crippen molar-refractivity contribution in [2.24, 2.45) is 5.92 Å². The summed E-state index contributed by atoms with van der Waals surface area (Å²) >= 11 is 0. The molecule has 0 spiro atoms. The summed E-state index contributed by atoms with van der Waals surface area (Å²) in [6.07, 6.45) is 0.738. The lowest BCUT2D eigenvalue weighted by Gasteiger charge is -2.15. The van der Waals surface area contributed by atoms with E-state index in [1.54, 1.807) is 0 Å². The van der Waals surface area contributed by atoms with Crippen LogP contribution in [0.2, 0.25) is 0 Å². The summed E-state index contributed by atoms with van der Waals surface area (Å²) in [5, 5.41) is 11.5. The second-order valence-corrected chi connectivity index (χ2v) is 3.46. The van der Waals surface area contributed by atoms with Crippen LogP contribution >= 0.6 is 0 Å². The minimum atomic E-state index is -0.185. The maximum Gasteiger partial charge on any atom is 0.225 e. The second kappa shape index (κ2) is 2.23. The van der Waals surface area contributed by atoms with E-state index in [0.717, 1.165) is 6.42 Å². The Morgan fingerprint density at radius 3 is 2.60 bits per heavy atom. The van der Waals surface area contributed by atoms with Crippen molar-refractivity contribution in [1.82, 2.24) is 5.32 Å². The molecule has 1 fully saturated rings. The van der Waals surface area contributed by atoms with E-state index in [-0.39, 0.29) is 24.0 Å². The zero-order valence-electron chi connectivity index (χ0n) is 6.35. The van der Waals surface area contributed by atoms with Crippen LogP contribution in [-0.2, 0) is 4.79 Å². The van der Waals surface area contributed by atoms with Gasteiger partial charge in [0.1, 0.15) is 0 Å². The molecule has 1 rings (SSSR count). The highest BCUT2D eigenvalue weighted by Gasteiger charge is 2.36. The van der Waals surface area contributed by atoms with Gasteiger partial charge >= 0.3 is 0 Å². The van der Waals surface area contributed by atoms with E-state index in [0.29, 0.717) is 0 Å². The molecule has 2 N–H and O–H groups in total. The van der Waals surface area contributed by atoms with Crippen molar-refractivity contribution in [3.8, 4) is 0 Å². The number of rotatable bonds is 1. The summed E-state index contributed by atoms with van der Waals surface area (Å²) in [7, 11) is 0. The van der Waals surface area contributed by atoms with Crippen molar-refractivity contribution in [3.63, 3.8) is 0 Å². The van der Waals surface area contributed by atoms with Crippen LogP contribution in [0.25, 0.3) is 0 Å². The first kappa shape index (κ1) is 7.54. The highest BCUT2D eigenvalue weighted by atomic mass is 16.3. The molecule has 1 aliphatic rings. The van der Waals surface area contributed by atoms with Crippen molar-refractivity contribution < 1.29 is 9.90 Å². The number of amides is 1. The van der Waals surface area contributed by atoms with E-state index >= 15 is 0 Å². The molecule has 3 heteroatoms. The Bertz CT molecular complexity index is 154. The Kier molecular flexibility index (Phi) is 1.68. The molecular formula is C7H13NO2. The van der Waals surface area contributed by atoms with Crippen molar-refractivity contribution in [2.45, 2.75) is 25.8 Å². The summed E-state index contributed by atoms with van der Waals surface area (Å²) in [5.41, 5.74) is -0.121. The molecule has 0 aliphatic carbocycles. The Morgan fingerprint density at radius 1 is 1.80 bits per heavy atom. The van der Waals surface area contributed by atoms with Crippen LogP contribution in [0.4, 0.5) is 0 Å². The summed E-state index contributed by atoms with van der Waals surface area (Å²) in [5.74, 6) is -0.206. The van der Waals surface area contributed by atoms with Crippen molar-refractivity contribution in [1.29, 1.82) is 0 Å². The second-order valence-electron chi connectivity index (χ2n) is 3.46. The normalized spacial score (nSPS) is 30.3. The molecule has 0 aromatic heterocycles. The summed E-state index contributed by atoms with van der Waals surface area (Å²) < 4.78 is 0. The van der Waals surface area contributed by atoms with Gasteiger partial charge in [-0.3, -0.25) is 4.79 Å². The summed E-state index contributed by atoms with van der Waals surface area (Å²) in [6.45, 7) is 3.89. The number of aliphatic hydroxyl groups excluding tert-OH is 1. The number of hydrogen-bond donors (Lipinski definition) is 2. The van der Waals surface area contributed by atoms with Crippen LogP contribution in [0.15, 0.2) is 0 Å². The van der Waals surface area contributed by atoms with Gasteiger partial charge in [-0.15, -0.1) is 0 Å². The molecule has 3 nitrogen and oxygen atoms in total. The quantitative estimate of drug-likeness (QED) is 0.538. The Morgan fingerprint density at radius 2 is 2.40 bits per heavy atom. The number of aliphatic hydroxyl groups is 1. The van der Waals surface area contributed by atoms with E-state index in [4.69, 9.17) is 5.11 Å². The van der Waals surface area contributed by atoms with Crippen molar-refractivity contribution >= 4 is 5.91 Å². The Hall–Kier alpha value is -0.570. The maximum atomic E-state index is 10.9. The van der Waals surface area contributed by atoms with Crippen LogP contribution in [-0.4, -0.2) is 23.2 Å². The fourth-order valence-electron chi connectivity index (χ4n) is 1.34. The molecule has 1 saturated heterocycles. The van der Waals surface area contributed by atoms with Gasteiger partial charge < -0.3 is 10.4 Å². The van der Waals surface area contributed by atoms with Gasteiger partial charge in [-0.05, 0) is 20.3 Å². The third kappa shape index (κ3) is 1.29. The lowest BCUT2D eigenvalue weighted by Crippen LogP contribution is -2.34. The van der Waals surface area contributed by atoms with E-state index < -0.39 is 0 Å². The standard InChI is InChI=1S/C7H13NO2/c1-7(2)3-5(4-9)6(10)8-7/h5,9H,3-4H2,1-2H3,(H,8,10). The predicted octanol–water partition coefficient (Wildman–Crippen LogP) is -0.107. The smallest absolute Gasteiger partial charge is 0.225 e. The zero-order chi connectivity index (χ0) is 7.78. The first-order valence-electron chi connectivity index (χ1n) is 3.48. The molecule has 0 bridgehead atoms. The lowest BCUT2D eigenvalue weighted by molar-refractivity contribution is -0.123. The molecule has 0 aromatic rings. The zero-order valence-corrected chi connectivity index (χ0v) is 6.35. The summed E-state index contributed by atoms with van der Waals surface area (Å²) in [4.78, 5) is 10.9. The first-order valence-corrected chi connectivity index (χ1v) is 3.48. The highest BCUT2D eigenvalue weighted by molar-refractivity contribution is 5.82. The van der Waals surface area contributed by atoms with Crippen molar-refractivity contribution in [3.05, 3.63) is 0 Å². The van der Waals surface area contributed by atoms with E-state index in [1.807, 2.05) is 13.8 Å². The van der Waals surface area contributed by atoms with Crippen LogP contribution in [0.5, 0.6) is 0 Å². The van der Waals surface area contributed by atoms with Gasteiger partial charge in [0.05, 0.1) is 12.5 Å². The topological polar surface area (TPSA) is 49.3 Å². The largest absolute Gasteiger partial charge is 0.396 e.